The molecule has 0 bridgehead atoms. The number of nitrogens with one attached hydrogen (secondary N) is 2. The monoisotopic (exact) mass is 219 g/mol. The highest BCUT2D eigenvalue weighted by Gasteiger charge is 2.01. The first-order chi connectivity index (χ1) is 7.84. The Morgan fingerprint density at radius 2 is 2.50 bits per heavy atom. The number of aromatic nitrogens is 4. The highest BCUT2D eigenvalue weighted by atomic mass is 16.1. The van der Waals surface area contributed by atoms with Crippen molar-refractivity contribution in [1.82, 2.24) is 25.1 Å². The Balaban J connectivity index is 1.69. The van der Waals surface area contributed by atoms with Gasteiger partial charge >= 0.3 is 0 Å². The number of aryl methyl sites for hydroxylation is 1. The molecule has 2 rings (SSSR count). The summed E-state index contributed by atoms with van der Waals surface area (Å²) in [6.45, 7) is 1.16. The van der Waals surface area contributed by atoms with Gasteiger partial charge in [0.1, 0.15) is 0 Å². The number of hydrogen-bond donors (Lipinski definition) is 2. The number of aromatic amines is 1. The van der Waals surface area contributed by atoms with Crippen molar-refractivity contribution in [1.29, 1.82) is 0 Å². The zero-order chi connectivity index (χ0) is 11.2. The van der Waals surface area contributed by atoms with Gasteiger partial charge in [-0.1, -0.05) is 0 Å². The number of imidazole rings is 1. The number of nitrogens with zero attached hydrogens (tertiary/aromatic N) is 3. The van der Waals surface area contributed by atoms with Crippen molar-refractivity contribution in [2.75, 3.05) is 0 Å². The van der Waals surface area contributed by atoms with Gasteiger partial charge < -0.3 is 9.88 Å². The molecule has 1 amide bonds. The summed E-state index contributed by atoms with van der Waals surface area (Å²) in [5.74, 6) is 0.0231. The number of carbonyl (C=O) groups is 1. The van der Waals surface area contributed by atoms with Crippen LogP contribution in [-0.4, -0.2) is 25.7 Å². The van der Waals surface area contributed by atoms with Crippen molar-refractivity contribution in [3.63, 3.8) is 0 Å². The molecule has 2 heterocycles. The second kappa shape index (κ2) is 5.11. The largest absolute Gasteiger partial charge is 0.352 e. The molecule has 0 saturated heterocycles. The van der Waals surface area contributed by atoms with E-state index >= 15 is 0 Å². The lowest BCUT2D eigenvalue weighted by molar-refractivity contribution is -0.121. The molecule has 84 valence electrons. The van der Waals surface area contributed by atoms with Crippen molar-refractivity contribution in [3.8, 4) is 0 Å². The van der Waals surface area contributed by atoms with Crippen molar-refractivity contribution < 1.29 is 4.79 Å². The van der Waals surface area contributed by atoms with Crippen LogP contribution in [0.15, 0.2) is 31.1 Å². The molecule has 0 saturated carbocycles. The lowest BCUT2D eigenvalue weighted by Crippen LogP contribution is -2.23. The highest BCUT2D eigenvalue weighted by Crippen LogP contribution is 1.94. The van der Waals surface area contributed by atoms with Crippen LogP contribution in [0.4, 0.5) is 0 Å². The second-order valence-corrected chi connectivity index (χ2v) is 3.43. The number of hydrogen-bond acceptors (Lipinski definition) is 3. The third-order valence-electron chi connectivity index (χ3n) is 2.20. The molecule has 0 aliphatic carbocycles. The smallest absolute Gasteiger partial charge is 0.222 e. The third kappa shape index (κ3) is 2.94. The molecule has 0 aliphatic rings. The summed E-state index contributed by atoms with van der Waals surface area (Å²) in [5, 5.41) is 9.31. The molecule has 2 aromatic heterocycles. The molecule has 0 aliphatic heterocycles. The molecule has 2 N–H and O–H groups in total. The van der Waals surface area contributed by atoms with Gasteiger partial charge in [0.2, 0.25) is 5.91 Å². The average molecular weight is 219 g/mol. The van der Waals surface area contributed by atoms with E-state index in [-0.39, 0.29) is 5.91 Å². The molecule has 0 spiro atoms. The van der Waals surface area contributed by atoms with E-state index < -0.39 is 0 Å². The number of carbonyl (C=O) groups excluding carboxylic acids is 1. The average Bonchev–Trinajstić information content (AvgIpc) is 2.96. The minimum absolute atomic E-state index is 0.0231. The van der Waals surface area contributed by atoms with E-state index in [2.05, 4.69) is 20.5 Å². The van der Waals surface area contributed by atoms with Gasteiger partial charge in [-0.2, -0.15) is 5.10 Å². The standard InChI is InChI=1S/C10H13N5O/c16-10(1-3-15-4-2-11-8-15)12-5-9-6-13-14-7-9/h2,4,6-8H,1,3,5H2,(H,12,16)(H,13,14). The Morgan fingerprint density at radius 3 is 3.19 bits per heavy atom. The fraction of sp³-hybridized carbons (Fsp3) is 0.300. The molecule has 6 heteroatoms. The Morgan fingerprint density at radius 1 is 1.56 bits per heavy atom. The van der Waals surface area contributed by atoms with Crippen molar-refractivity contribution in [3.05, 3.63) is 36.7 Å². The summed E-state index contributed by atoms with van der Waals surface area (Å²) >= 11 is 0. The van der Waals surface area contributed by atoms with E-state index in [1.54, 1.807) is 24.9 Å². The van der Waals surface area contributed by atoms with Gasteiger partial charge in [-0.3, -0.25) is 9.89 Å². The normalized spacial score (nSPS) is 10.2. The van der Waals surface area contributed by atoms with E-state index in [1.165, 1.54) is 0 Å². The fourth-order valence-electron chi connectivity index (χ4n) is 1.31. The van der Waals surface area contributed by atoms with E-state index in [0.29, 0.717) is 19.5 Å². The van der Waals surface area contributed by atoms with Gasteiger partial charge in [0.05, 0.1) is 12.5 Å². The first kappa shape index (κ1) is 10.4. The second-order valence-electron chi connectivity index (χ2n) is 3.43. The summed E-state index contributed by atoms with van der Waals surface area (Å²) in [6.07, 6.45) is 9.14. The molecule has 2 aromatic rings. The zero-order valence-electron chi connectivity index (χ0n) is 8.76. The molecule has 0 fully saturated rings. The van der Waals surface area contributed by atoms with Crippen LogP contribution in [0.3, 0.4) is 0 Å². The zero-order valence-corrected chi connectivity index (χ0v) is 8.76. The van der Waals surface area contributed by atoms with Crippen LogP contribution < -0.4 is 5.32 Å². The van der Waals surface area contributed by atoms with Crippen molar-refractivity contribution in [2.24, 2.45) is 0 Å². The maximum absolute atomic E-state index is 11.5. The van der Waals surface area contributed by atoms with Crippen LogP contribution in [0.2, 0.25) is 0 Å². The number of rotatable bonds is 5. The summed E-state index contributed by atoms with van der Waals surface area (Å²) < 4.78 is 1.87. The summed E-state index contributed by atoms with van der Waals surface area (Å²) in [4.78, 5) is 15.4. The predicted molar refractivity (Wildman–Crippen MR) is 57.3 cm³/mol. The van der Waals surface area contributed by atoms with Gasteiger partial charge in [-0.15, -0.1) is 0 Å². The highest BCUT2D eigenvalue weighted by molar-refractivity contribution is 5.75. The summed E-state index contributed by atoms with van der Waals surface area (Å²) in [7, 11) is 0. The summed E-state index contributed by atoms with van der Waals surface area (Å²) in [6, 6.07) is 0. The van der Waals surface area contributed by atoms with Gasteiger partial charge in [0.15, 0.2) is 0 Å². The molecule has 0 unspecified atom stereocenters. The van der Waals surface area contributed by atoms with E-state index in [0.717, 1.165) is 5.56 Å². The van der Waals surface area contributed by atoms with Gasteiger partial charge in [-0.25, -0.2) is 4.98 Å². The quantitative estimate of drug-likeness (QED) is 0.760. The van der Waals surface area contributed by atoms with Gasteiger partial charge in [0, 0.05) is 43.7 Å². The Kier molecular flexibility index (Phi) is 3.32. The molecule has 0 radical (unpaired) electrons. The van der Waals surface area contributed by atoms with Crippen molar-refractivity contribution in [2.45, 2.75) is 19.5 Å². The van der Waals surface area contributed by atoms with Crippen LogP contribution in [0, 0.1) is 0 Å². The molecule has 6 nitrogen and oxygen atoms in total. The first-order valence-electron chi connectivity index (χ1n) is 5.04. The third-order valence-corrected chi connectivity index (χ3v) is 2.20. The van der Waals surface area contributed by atoms with E-state index in [1.807, 2.05) is 10.8 Å². The van der Waals surface area contributed by atoms with Crippen LogP contribution in [0.5, 0.6) is 0 Å². The summed E-state index contributed by atoms with van der Waals surface area (Å²) in [5.41, 5.74) is 0.969. The topological polar surface area (TPSA) is 75.6 Å². The Hall–Kier alpha value is -2.11. The lowest BCUT2D eigenvalue weighted by Gasteiger charge is -2.03. The predicted octanol–water partition coefficient (Wildman–Crippen LogP) is 0.313. The minimum atomic E-state index is 0.0231. The molecule has 16 heavy (non-hydrogen) atoms. The fourth-order valence-corrected chi connectivity index (χ4v) is 1.31. The van der Waals surface area contributed by atoms with Crippen LogP contribution in [0.25, 0.3) is 0 Å². The Bertz CT molecular complexity index is 380. The van der Waals surface area contributed by atoms with Crippen LogP contribution in [-0.2, 0) is 17.9 Å². The minimum Gasteiger partial charge on any atom is -0.352 e. The first-order valence-corrected chi connectivity index (χ1v) is 5.04. The maximum Gasteiger partial charge on any atom is 0.222 e. The van der Waals surface area contributed by atoms with Crippen molar-refractivity contribution >= 4 is 5.91 Å². The van der Waals surface area contributed by atoms with E-state index in [4.69, 9.17) is 0 Å². The number of amides is 1. The van der Waals surface area contributed by atoms with Gasteiger partial charge in [0.25, 0.3) is 0 Å². The molecule has 0 aromatic carbocycles. The lowest BCUT2D eigenvalue weighted by atomic mass is 10.3. The molecular weight excluding hydrogens is 206 g/mol. The SMILES string of the molecule is O=C(CCn1ccnc1)NCc1cn[nH]c1. The number of H-pyrrole nitrogens is 1. The van der Waals surface area contributed by atoms with E-state index in [9.17, 15) is 4.79 Å². The Labute approximate surface area is 92.7 Å². The maximum atomic E-state index is 11.5. The van der Waals surface area contributed by atoms with Crippen LogP contribution >= 0.6 is 0 Å². The molecular formula is C10H13N5O. The van der Waals surface area contributed by atoms with Crippen LogP contribution in [0.1, 0.15) is 12.0 Å². The van der Waals surface area contributed by atoms with Gasteiger partial charge in [-0.05, 0) is 0 Å². The molecule has 0 atom stereocenters.